The molecule has 1 rings (SSSR count). The zero-order valence-electron chi connectivity index (χ0n) is 6.33. The van der Waals surface area contributed by atoms with E-state index < -0.39 is 17.7 Å². The van der Waals surface area contributed by atoms with E-state index in [1.807, 2.05) is 0 Å². The lowest BCUT2D eigenvalue weighted by Gasteiger charge is -2.22. The Morgan fingerprint density at radius 2 is 2.64 bits per heavy atom. The predicted octanol–water partition coefficient (Wildman–Crippen LogP) is 0.0762. The number of aliphatic hydroxyl groups is 1. The van der Waals surface area contributed by atoms with Gasteiger partial charge in [0.2, 0.25) is 0 Å². The van der Waals surface area contributed by atoms with Crippen molar-refractivity contribution in [2.24, 2.45) is 0 Å². The molecule has 1 N–H and O–H groups in total. The molecule has 3 heteroatoms. The van der Waals surface area contributed by atoms with Gasteiger partial charge in [-0.2, -0.15) is 0 Å². The number of aliphatic hydroxyl groups excluding tert-OH is 1. The molecule has 1 heterocycles. The first kappa shape index (κ1) is 8.09. The quantitative estimate of drug-likeness (QED) is 0.429. The summed E-state index contributed by atoms with van der Waals surface area (Å²) in [6.45, 7) is 1.78. The van der Waals surface area contributed by atoms with Crippen LogP contribution in [-0.4, -0.2) is 22.8 Å². The molecule has 0 aromatic heterocycles. The van der Waals surface area contributed by atoms with Crippen molar-refractivity contribution in [3.05, 3.63) is 0 Å². The third-order valence-corrected chi connectivity index (χ3v) is 1.96. The van der Waals surface area contributed by atoms with E-state index in [0.717, 1.165) is 0 Å². The molecular formula is C8H10O3. The molecule has 0 aromatic carbocycles. The zero-order chi connectivity index (χ0) is 8.48. The highest BCUT2D eigenvalue weighted by atomic mass is 16.6. The summed E-state index contributed by atoms with van der Waals surface area (Å²) in [5.74, 6) is 1.90. The zero-order valence-corrected chi connectivity index (χ0v) is 6.33. The Labute approximate surface area is 65.4 Å². The van der Waals surface area contributed by atoms with Crippen LogP contribution in [0.25, 0.3) is 0 Å². The van der Waals surface area contributed by atoms with E-state index in [1.165, 1.54) is 0 Å². The van der Waals surface area contributed by atoms with Crippen LogP contribution in [0.15, 0.2) is 0 Å². The normalized spacial score (nSPS) is 36.5. The molecule has 0 spiro atoms. The molecule has 1 aliphatic heterocycles. The average molecular weight is 154 g/mol. The smallest absolute Gasteiger partial charge is 0.310 e. The van der Waals surface area contributed by atoms with Crippen LogP contribution in [0.5, 0.6) is 0 Å². The maximum atomic E-state index is 10.7. The summed E-state index contributed by atoms with van der Waals surface area (Å²) in [5, 5.41) is 9.32. The van der Waals surface area contributed by atoms with Crippen LogP contribution in [0, 0.1) is 12.3 Å². The number of carbonyl (C=O) groups is 1. The van der Waals surface area contributed by atoms with Crippen LogP contribution in [0.2, 0.25) is 0 Å². The van der Waals surface area contributed by atoms with E-state index >= 15 is 0 Å². The fourth-order valence-electron chi connectivity index (χ4n) is 1.17. The van der Waals surface area contributed by atoms with Gasteiger partial charge >= 0.3 is 5.97 Å². The number of rotatable bonds is 1. The van der Waals surface area contributed by atoms with E-state index in [2.05, 4.69) is 5.92 Å². The molecule has 2 atom stereocenters. The second kappa shape index (κ2) is 2.55. The van der Waals surface area contributed by atoms with E-state index in [1.54, 1.807) is 6.92 Å². The van der Waals surface area contributed by atoms with Crippen LogP contribution >= 0.6 is 0 Å². The summed E-state index contributed by atoms with van der Waals surface area (Å²) in [4.78, 5) is 10.7. The number of cyclic esters (lactones) is 1. The molecule has 0 amide bonds. The monoisotopic (exact) mass is 154 g/mol. The predicted molar refractivity (Wildman–Crippen MR) is 38.6 cm³/mol. The Bertz CT molecular complexity index is 216. The number of terminal acetylenes is 1. The van der Waals surface area contributed by atoms with Crippen LogP contribution in [0.1, 0.15) is 19.8 Å². The fourth-order valence-corrected chi connectivity index (χ4v) is 1.17. The molecule has 0 radical (unpaired) electrons. The third-order valence-electron chi connectivity index (χ3n) is 1.96. The van der Waals surface area contributed by atoms with E-state index in [4.69, 9.17) is 11.2 Å². The molecule has 0 unspecified atom stereocenters. The van der Waals surface area contributed by atoms with Gasteiger partial charge in [0.25, 0.3) is 0 Å². The van der Waals surface area contributed by atoms with Crippen molar-refractivity contribution in [3.63, 3.8) is 0 Å². The van der Waals surface area contributed by atoms with Gasteiger partial charge in [-0.3, -0.25) is 4.79 Å². The number of ether oxygens (including phenoxy) is 1. The van der Waals surface area contributed by atoms with Gasteiger partial charge < -0.3 is 9.84 Å². The topological polar surface area (TPSA) is 46.5 Å². The molecular weight excluding hydrogens is 144 g/mol. The van der Waals surface area contributed by atoms with Gasteiger partial charge in [0, 0.05) is 0 Å². The molecule has 0 saturated carbocycles. The van der Waals surface area contributed by atoms with Gasteiger partial charge in [-0.1, -0.05) is 12.8 Å². The molecule has 1 aliphatic rings. The highest BCUT2D eigenvalue weighted by molar-refractivity contribution is 5.74. The van der Waals surface area contributed by atoms with Crippen LogP contribution in [0.4, 0.5) is 0 Å². The Morgan fingerprint density at radius 3 is 2.82 bits per heavy atom. The molecule has 11 heavy (non-hydrogen) atoms. The van der Waals surface area contributed by atoms with Crippen LogP contribution < -0.4 is 0 Å². The Morgan fingerprint density at radius 1 is 2.00 bits per heavy atom. The van der Waals surface area contributed by atoms with E-state index in [9.17, 15) is 9.90 Å². The lowest BCUT2D eigenvalue weighted by molar-refractivity contribution is -0.146. The number of hydrogen-bond donors (Lipinski definition) is 1. The van der Waals surface area contributed by atoms with Crippen molar-refractivity contribution in [3.8, 4) is 12.3 Å². The number of hydrogen-bond acceptors (Lipinski definition) is 3. The lowest BCUT2D eigenvalue weighted by Crippen LogP contribution is -2.36. The Kier molecular flexibility index (Phi) is 1.88. The first-order chi connectivity index (χ1) is 5.14. The standard InChI is InChI=1S/C8H10O3/c1-3-8(4-2)6(9)5-7(10)11-8/h1,6,9H,4-5H2,2H3/t6-,8+/m0/s1. The third kappa shape index (κ3) is 1.10. The average Bonchev–Trinajstić information content (AvgIpc) is 2.27. The lowest BCUT2D eigenvalue weighted by atomic mass is 9.95. The maximum absolute atomic E-state index is 10.7. The van der Waals surface area contributed by atoms with Crippen molar-refractivity contribution in [1.82, 2.24) is 0 Å². The first-order valence-corrected chi connectivity index (χ1v) is 3.52. The van der Waals surface area contributed by atoms with Crippen molar-refractivity contribution < 1.29 is 14.6 Å². The largest absolute Gasteiger partial charge is 0.443 e. The fraction of sp³-hybridized carbons (Fsp3) is 0.625. The highest BCUT2D eigenvalue weighted by Gasteiger charge is 2.45. The van der Waals surface area contributed by atoms with Gasteiger partial charge in [0.1, 0.15) is 6.10 Å². The molecule has 0 aromatic rings. The minimum atomic E-state index is -1.06. The molecule has 3 nitrogen and oxygen atoms in total. The minimum absolute atomic E-state index is 0.0119. The SMILES string of the molecule is C#C[C@]1(CC)OC(=O)C[C@@H]1O. The summed E-state index contributed by atoms with van der Waals surface area (Å²) < 4.78 is 4.83. The molecule has 1 fully saturated rings. The van der Waals surface area contributed by atoms with Crippen LogP contribution in [0.3, 0.4) is 0 Å². The van der Waals surface area contributed by atoms with E-state index in [-0.39, 0.29) is 6.42 Å². The van der Waals surface area contributed by atoms with Gasteiger partial charge in [-0.25, -0.2) is 0 Å². The van der Waals surface area contributed by atoms with Gasteiger partial charge in [-0.05, 0) is 6.42 Å². The summed E-state index contributed by atoms with van der Waals surface area (Å²) in [6.07, 6.45) is 4.77. The number of carbonyl (C=O) groups excluding carboxylic acids is 1. The number of esters is 1. The summed E-state index contributed by atoms with van der Waals surface area (Å²) in [6, 6.07) is 0. The van der Waals surface area contributed by atoms with Crippen molar-refractivity contribution in [1.29, 1.82) is 0 Å². The van der Waals surface area contributed by atoms with Gasteiger partial charge in [0.05, 0.1) is 6.42 Å². The van der Waals surface area contributed by atoms with E-state index in [0.29, 0.717) is 6.42 Å². The Balaban J connectivity index is 2.86. The Hall–Kier alpha value is -1.01. The molecule has 60 valence electrons. The van der Waals surface area contributed by atoms with Crippen molar-refractivity contribution in [2.45, 2.75) is 31.5 Å². The van der Waals surface area contributed by atoms with Crippen molar-refractivity contribution in [2.75, 3.05) is 0 Å². The second-order valence-corrected chi connectivity index (χ2v) is 2.58. The summed E-state index contributed by atoms with van der Waals surface area (Å²) >= 11 is 0. The van der Waals surface area contributed by atoms with Crippen molar-refractivity contribution >= 4 is 5.97 Å². The highest BCUT2D eigenvalue weighted by Crippen LogP contribution is 2.29. The maximum Gasteiger partial charge on any atom is 0.310 e. The molecule has 0 bridgehead atoms. The molecule has 1 saturated heterocycles. The van der Waals surface area contributed by atoms with Gasteiger partial charge in [-0.15, -0.1) is 6.42 Å². The summed E-state index contributed by atoms with van der Waals surface area (Å²) in [5.41, 5.74) is -1.06. The molecule has 0 aliphatic carbocycles. The first-order valence-electron chi connectivity index (χ1n) is 3.52. The summed E-state index contributed by atoms with van der Waals surface area (Å²) in [7, 11) is 0. The minimum Gasteiger partial charge on any atom is -0.443 e. The van der Waals surface area contributed by atoms with Gasteiger partial charge in [0.15, 0.2) is 5.60 Å². The second-order valence-electron chi connectivity index (χ2n) is 2.58. The van der Waals surface area contributed by atoms with Crippen LogP contribution in [-0.2, 0) is 9.53 Å².